The molecule has 0 radical (unpaired) electrons. The topological polar surface area (TPSA) is 12.0 Å². The van der Waals surface area contributed by atoms with Gasteiger partial charge in [0.05, 0.1) is 0 Å². The maximum atomic E-state index is 3.77. The van der Waals surface area contributed by atoms with Crippen molar-refractivity contribution in [3.63, 3.8) is 0 Å². The van der Waals surface area contributed by atoms with Crippen LogP contribution in [0, 0.1) is 23.7 Å². The van der Waals surface area contributed by atoms with E-state index in [9.17, 15) is 0 Å². The van der Waals surface area contributed by atoms with Gasteiger partial charge in [-0.15, -0.1) is 0 Å². The van der Waals surface area contributed by atoms with Crippen LogP contribution in [-0.2, 0) is 0 Å². The van der Waals surface area contributed by atoms with Crippen molar-refractivity contribution in [3.8, 4) is 0 Å². The first-order chi connectivity index (χ1) is 5.84. The lowest BCUT2D eigenvalue weighted by Crippen LogP contribution is -2.31. The van der Waals surface area contributed by atoms with E-state index >= 15 is 0 Å². The van der Waals surface area contributed by atoms with Crippen LogP contribution < -0.4 is 5.32 Å². The molecule has 12 heavy (non-hydrogen) atoms. The summed E-state index contributed by atoms with van der Waals surface area (Å²) in [6.45, 7) is 3.69. The molecule has 1 nitrogen and oxygen atoms in total. The lowest BCUT2D eigenvalue weighted by atomic mass is 10.1. The van der Waals surface area contributed by atoms with E-state index < -0.39 is 0 Å². The number of hydrogen-bond donors (Lipinski definition) is 1. The van der Waals surface area contributed by atoms with Crippen molar-refractivity contribution >= 4 is 0 Å². The van der Waals surface area contributed by atoms with E-state index in [2.05, 4.69) is 12.2 Å². The van der Waals surface area contributed by atoms with E-state index in [1.165, 1.54) is 32.2 Å². The molecule has 3 fully saturated rings. The molecule has 0 aromatic rings. The van der Waals surface area contributed by atoms with Crippen molar-refractivity contribution in [1.82, 2.24) is 5.32 Å². The van der Waals surface area contributed by atoms with E-state index in [1.807, 2.05) is 0 Å². The van der Waals surface area contributed by atoms with E-state index in [1.54, 1.807) is 0 Å². The Kier molecular flexibility index (Phi) is 1.52. The van der Waals surface area contributed by atoms with Gasteiger partial charge in [0.15, 0.2) is 0 Å². The van der Waals surface area contributed by atoms with Crippen molar-refractivity contribution in [2.75, 3.05) is 6.54 Å². The smallest absolute Gasteiger partial charge is 0.00982 e. The Balaban J connectivity index is 1.43. The molecule has 0 heterocycles. The summed E-state index contributed by atoms with van der Waals surface area (Å²) in [4.78, 5) is 0. The summed E-state index contributed by atoms with van der Waals surface area (Å²) in [5, 5.41) is 3.77. The highest BCUT2D eigenvalue weighted by Gasteiger charge is 2.48. The average Bonchev–Trinajstić information content (AvgIpc) is 2.94. The third-order valence-corrected chi connectivity index (χ3v) is 4.26. The lowest BCUT2D eigenvalue weighted by molar-refractivity contribution is 0.457. The third-order valence-electron chi connectivity index (χ3n) is 4.26. The number of hydrogen-bond acceptors (Lipinski definition) is 1. The fourth-order valence-electron chi connectivity index (χ4n) is 2.94. The Morgan fingerprint density at radius 2 is 2.08 bits per heavy atom. The predicted octanol–water partition coefficient (Wildman–Crippen LogP) is 2.03. The zero-order chi connectivity index (χ0) is 8.13. The highest BCUT2D eigenvalue weighted by atomic mass is 15.0. The Hall–Kier alpha value is -0.0400. The maximum absolute atomic E-state index is 3.77. The number of fused-ring (bicyclic) bond motifs is 1. The molecule has 0 saturated heterocycles. The molecular weight excluding hydrogens is 146 g/mol. The summed E-state index contributed by atoms with van der Waals surface area (Å²) < 4.78 is 0. The van der Waals surface area contributed by atoms with Gasteiger partial charge in [-0.2, -0.15) is 0 Å². The zero-order valence-electron chi connectivity index (χ0n) is 7.92. The Labute approximate surface area is 74.9 Å². The molecule has 3 aliphatic rings. The van der Waals surface area contributed by atoms with Crippen LogP contribution in [0.3, 0.4) is 0 Å². The van der Waals surface area contributed by atoms with Gasteiger partial charge in [-0.3, -0.25) is 0 Å². The summed E-state index contributed by atoms with van der Waals surface area (Å²) in [7, 11) is 0. The summed E-state index contributed by atoms with van der Waals surface area (Å²) in [6, 6.07) is 0.919. The lowest BCUT2D eigenvalue weighted by Gasteiger charge is -2.13. The summed E-state index contributed by atoms with van der Waals surface area (Å²) in [6.07, 6.45) is 6.00. The first-order valence-corrected chi connectivity index (χ1v) is 5.58. The monoisotopic (exact) mass is 165 g/mol. The Morgan fingerprint density at radius 3 is 2.58 bits per heavy atom. The summed E-state index contributed by atoms with van der Waals surface area (Å²) in [5.74, 6) is 4.29. The van der Waals surface area contributed by atoms with Crippen molar-refractivity contribution < 1.29 is 0 Å². The Bertz CT molecular complexity index is 189. The molecule has 0 aromatic carbocycles. The van der Waals surface area contributed by atoms with Crippen LogP contribution >= 0.6 is 0 Å². The molecule has 0 aliphatic heterocycles. The van der Waals surface area contributed by atoms with Gasteiger partial charge < -0.3 is 5.32 Å². The van der Waals surface area contributed by atoms with Gasteiger partial charge in [0.2, 0.25) is 0 Å². The molecule has 1 N–H and O–H groups in total. The first kappa shape index (κ1) is 7.37. The number of rotatable bonds is 3. The second-order valence-electron chi connectivity index (χ2n) is 5.22. The highest BCUT2D eigenvalue weighted by Crippen LogP contribution is 2.52. The standard InChI is InChI=1S/C11H19N/c1-7-4-9(7)6-12-11-3-2-8-5-10(8)11/h7-12H,2-6H2,1H3. The van der Waals surface area contributed by atoms with Crippen LogP contribution in [0.1, 0.15) is 32.6 Å². The average molecular weight is 165 g/mol. The second kappa shape index (κ2) is 2.47. The maximum Gasteiger partial charge on any atom is 0.00982 e. The molecule has 0 bridgehead atoms. The van der Waals surface area contributed by atoms with Crippen LogP contribution in [0.5, 0.6) is 0 Å². The van der Waals surface area contributed by atoms with Crippen molar-refractivity contribution in [2.24, 2.45) is 23.7 Å². The van der Waals surface area contributed by atoms with Crippen LogP contribution in [0.25, 0.3) is 0 Å². The minimum absolute atomic E-state index is 0.919. The van der Waals surface area contributed by atoms with Gasteiger partial charge in [-0.1, -0.05) is 6.92 Å². The van der Waals surface area contributed by atoms with Gasteiger partial charge in [0.1, 0.15) is 0 Å². The quantitative estimate of drug-likeness (QED) is 0.674. The van der Waals surface area contributed by atoms with Gasteiger partial charge in [-0.05, 0) is 55.9 Å². The molecule has 3 aliphatic carbocycles. The van der Waals surface area contributed by atoms with Crippen molar-refractivity contribution in [1.29, 1.82) is 0 Å². The first-order valence-electron chi connectivity index (χ1n) is 5.58. The fraction of sp³-hybridized carbons (Fsp3) is 1.00. The van der Waals surface area contributed by atoms with E-state index in [0.717, 1.165) is 29.7 Å². The van der Waals surface area contributed by atoms with Crippen molar-refractivity contribution in [2.45, 2.75) is 38.6 Å². The van der Waals surface area contributed by atoms with E-state index in [-0.39, 0.29) is 0 Å². The van der Waals surface area contributed by atoms with Gasteiger partial charge in [0, 0.05) is 6.04 Å². The zero-order valence-corrected chi connectivity index (χ0v) is 7.92. The molecule has 0 amide bonds. The highest BCUT2D eigenvalue weighted by molar-refractivity contribution is 5.01. The Morgan fingerprint density at radius 1 is 1.25 bits per heavy atom. The molecule has 5 unspecified atom stereocenters. The van der Waals surface area contributed by atoms with E-state index in [0.29, 0.717) is 0 Å². The third kappa shape index (κ3) is 1.19. The molecule has 3 rings (SSSR count). The molecule has 1 heteroatoms. The molecule has 3 saturated carbocycles. The fourth-order valence-corrected chi connectivity index (χ4v) is 2.94. The number of nitrogens with one attached hydrogen (secondary N) is 1. The summed E-state index contributed by atoms with van der Waals surface area (Å²) in [5.41, 5.74) is 0. The predicted molar refractivity (Wildman–Crippen MR) is 49.9 cm³/mol. The van der Waals surface area contributed by atoms with Crippen LogP contribution in [-0.4, -0.2) is 12.6 Å². The SMILES string of the molecule is CC1CC1CNC1CCC2CC21. The van der Waals surface area contributed by atoms with Crippen LogP contribution in [0.4, 0.5) is 0 Å². The largest absolute Gasteiger partial charge is 0.313 e. The van der Waals surface area contributed by atoms with Crippen LogP contribution in [0.2, 0.25) is 0 Å². The van der Waals surface area contributed by atoms with Gasteiger partial charge >= 0.3 is 0 Å². The molecule has 68 valence electrons. The summed E-state index contributed by atoms with van der Waals surface area (Å²) >= 11 is 0. The van der Waals surface area contributed by atoms with E-state index in [4.69, 9.17) is 0 Å². The molecule has 0 spiro atoms. The molecular formula is C11H19N. The molecule has 5 atom stereocenters. The normalized spacial score (nSPS) is 55.2. The van der Waals surface area contributed by atoms with Crippen molar-refractivity contribution in [3.05, 3.63) is 0 Å². The van der Waals surface area contributed by atoms with Crippen LogP contribution in [0.15, 0.2) is 0 Å². The van der Waals surface area contributed by atoms with Gasteiger partial charge in [0.25, 0.3) is 0 Å². The molecule has 0 aromatic heterocycles. The van der Waals surface area contributed by atoms with Gasteiger partial charge in [-0.25, -0.2) is 0 Å². The minimum Gasteiger partial charge on any atom is -0.313 e. The second-order valence-corrected chi connectivity index (χ2v) is 5.22. The minimum atomic E-state index is 0.919.